The first-order valence-electron chi connectivity index (χ1n) is 13.8. The van der Waals surface area contributed by atoms with Gasteiger partial charge < -0.3 is 15.8 Å². The lowest BCUT2D eigenvalue weighted by atomic mass is 9.70. The fraction of sp³-hybridized carbons (Fsp3) is 0.387. The number of hydrogen-bond donors (Lipinski definition) is 3. The average molecular weight is 563 g/mol. The number of rotatable bonds is 4. The van der Waals surface area contributed by atoms with Gasteiger partial charge in [0.05, 0.1) is 22.7 Å². The maximum Gasteiger partial charge on any atom is 0.340 e. The molecular formula is C31H32F2N4O4. The minimum absolute atomic E-state index is 0.00981. The van der Waals surface area contributed by atoms with Crippen molar-refractivity contribution in [3.63, 3.8) is 0 Å². The van der Waals surface area contributed by atoms with Crippen LogP contribution in [0.25, 0.3) is 11.2 Å². The number of nitrogens with two attached hydrogens (primary N) is 1. The van der Waals surface area contributed by atoms with Gasteiger partial charge in [-0.25, -0.2) is 18.1 Å². The largest absolute Gasteiger partial charge is 0.390 e. The van der Waals surface area contributed by atoms with E-state index in [-0.39, 0.29) is 23.5 Å². The number of alkyl halides is 1. The van der Waals surface area contributed by atoms with Gasteiger partial charge in [0.1, 0.15) is 12.0 Å². The van der Waals surface area contributed by atoms with Gasteiger partial charge in [0.25, 0.3) is 5.56 Å². The lowest BCUT2D eigenvalue weighted by molar-refractivity contribution is -0.120. The first-order valence-corrected chi connectivity index (χ1v) is 13.8. The van der Waals surface area contributed by atoms with E-state index in [2.05, 4.69) is 4.98 Å². The van der Waals surface area contributed by atoms with E-state index in [1.165, 1.54) is 18.3 Å². The monoisotopic (exact) mass is 562 g/mol. The summed E-state index contributed by atoms with van der Waals surface area (Å²) < 4.78 is 32.6. The van der Waals surface area contributed by atoms with E-state index < -0.39 is 46.6 Å². The number of amides is 1. The van der Waals surface area contributed by atoms with Gasteiger partial charge in [0, 0.05) is 29.6 Å². The number of fused-ring (bicyclic) bond motifs is 4. The molecule has 0 aliphatic heterocycles. The molecule has 0 saturated carbocycles. The van der Waals surface area contributed by atoms with Crippen molar-refractivity contribution in [3.05, 3.63) is 103 Å². The van der Waals surface area contributed by atoms with Crippen LogP contribution in [0.2, 0.25) is 0 Å². The number of aromatic nitrogens is 3. The predicted molar refractivity (Wildman–Crippen MR) is 150 cm³/mol. The Morgan fingerprint density at radius 2 is 1.95 bits per heavy atom. The molecule has 0 saturated heterocycles. The molecule has 2 aliphatic rings. The topological polar surface area (TPSA) is 123 Å². The highest BCUT2D eigenvalue weighted by Crippen LogP contribution is 2.49. The van der Waals surface area contributed by atoms with E-state index in [1.807, 2.05) is 0 Å². The van der Waals surface area contributed by atoms with Crippen molar-refractivity contribution < 1.29 is 18.7 Å². The molecule has 0 bridgehead atoms. The summed E-state index contributed by atoms with van der Waals surface area (Å²) in [6.07, 6.45) is 1.68. The smallest absolute Gasteiger partial charge is 0.340 e. The summed E-state index contributed by atoms with van der Waals surface area (Å²) in [4.78, 5) is 42.4. The molecule has 2 aliphatic carbocycles. The van der Waals surface area contributed by atoms with Gasteiger partial charge in [-0.2, -0.15) is 0 Å². The molecule has 1 unspecified atom stereocenters. The third-order valence-electron chi connectivity index (χ3n) is 9.07. The Balaban J connectivity index is 1.54. The van der Waals surface area contributed by atoms with Crippen molar-refractivity contribution in [3.8, 4) is 5.69 Å². The summed E-state index contributed by atoms with van der Waals surface area (Å²) in [7, 11) is 0. The Bertz CT molecular complexity index is 1830. The Morgan fingerprint density at radius 1 is 1.20 bits per heavy atom. The zero-order valence-electron chi connectivity index (χ0n) is 23.1. The number of primary amides is 1. The summed E-state index contributed by atoms with van der Waals surface area (Å²) in [5, 5.41) is 10.7. The van der Waals surface area contributed by atoms with Gasteiger partial charge in [-0.15, -0.1) is 0 Å². The van der Waals surface area contributed by atoms with Crippen LogP contribution in [0.1, 0.15) is 72.2 Å². The van der Waals surface area contributed by atoms with Crippen LogP contribution in [0.5, 0.6) is 0 Å². The van der Waals surface area contributed by atoms with Crippen LogP contribution in [0.3, 0.4) is 0 Å². The predicted octanol–water partition coefficient (Wildman–Crippen LogP) is 3.54. The Kier molecular flexibility index (Phi) is 6.29. The van der Waals surface area contributed by atoms with Crippen LogP contribution in [0.15, 0.2) is 52.2 Å². The third kappa shape index (κ3) is 4.23. The molecule has 214 valence electrons. The van der Waals surface area contributed by atoms with Crippen molar-refractivity contribution in [2.75, 3.05) is 0 Å². The van der Waals surface area contributed by atoms with Crippen LogP contribution >= 0.6 is 0 Å². The zero-order chi connectivity index (χ0) is 29.4. The van der Waals surface area contributed by atoms with Gasteiger partial charge in [0.15, 0.2) is 0 Å². The molecule has 0 spiro atoms. The summed E-state index contributed by atoms with van der Waals surface area (Å²) in [6, 6.07) is 8.67. The lowest BCUT2D eigenvalue weighted by Gasteiger charge is -2.35. The summed E-state index contributed by atoms with van der Waals surface area (Å²) in [5.74, 6) is -2.91. The first-order chi connectivity index (χ1) is 19.4. The van der Waals surface area contributed by atoms with Gasteiger partial charge in [-0.3, -0.25) is 14.0 Å². The highest BCUT2D eigenvalue weighted by atomic mass is 19.1. The summed E-state index contributed by atoms with van der Waals surface area (Å²) in [6.45, 7) is 5.28. The number of aromatic amines is 1. The summed E-state index contributed by atoms with van der Waals surface area (Å²) >= 11 is 0. The number of hydrogen-bond acceptors (Lipinski definition) is 4. The van der Waals surface area contributed by atoms with Gasteiger partial charge in [0.2, 0.25) is 5.91 Å². The van der Waals surface area contributed by atoms with E-state index in [4.69, 9.17) is 5.73 Å². The number of carbonyl (C=O) groups is 1. The van der Waals surface area contributed by atoms with Crippen LogP contribution in [0, 0.1) is 18.7 Å². The second-order valence-corrected chi connectivity index (χ2v) is 11.9. The molecule has 6 rings (SSSR count). The van der Waals surface area contributed by atoms with E-state index in [0.717, 1.165) is 26.3 Å². The second-order valence-electron chi connectivity index (χ2n) is 11.9. The SMILES string of the molecule is Cc1c(C2c3c([nH]c4c3CC[C@H](C(C)(C)O)C4)[C@@H](C(N)=O)C[C@H]2F)cccc1-n1c(=O)cc2c(F)cccn2c1=O. The van der Waals surface area contributed by atoms with Gasteiger partial charge >= 0.3 is 5.69 Å². The van der Waals surface area contributed by atoms with E-state index in [1.54, 1.807) is 39.0 Å². The van der Waals surface area contributed by atoms with E-state index >= 15 is 4.39 Å². The normalized spacial score (nSPS) is 22.4. The number of carbonyl (C=O) groups excluding carboxylic acids is 1. The number of halogens is 2. The number of aliphatic hydroxyl groups is 1. The molecule has 4 N–H and O–H groups in total. The van der Waals surface area contributed by atoms with Crippen molar-refractivity contribution in [2.45, 2.75) is 70.1 Å². The average Bonchev–Trinajstić information content (AvgIpc) is 3.28. The number of nitrogens with one attached hydrogen (secondary N) is 1. The molecule has 3 heterocycles. The van der Waals surface area contributed by atoms with Crippen LogP contribution < -0.4 is 17.0 Å². The minimum Gasteiger partial charge on any atom is -0.390 e. The molecule has 4 aromatic rings. The van der Waals surface area contributed by atoms with Crippen molar-refractivity contribution in [1.82, 2.24) is 14.0 Å². The second kappa shape index (κ2) is 9.51. The van der Waals surface area contributed by atoms with Crippen LogP contribution in [-0.4, -0.2) is 36.7 Å². The van der Waals surface area contributed by atoms with Gasteiger partial charge in [-0.05, 0) is 92.8 Å². The Morgan fingerprint density at radius 3 is 2.66 bits per heavy atom. The maximum atomic E-state index is 16.2. The maximum absolute atomic E-state index is 16.2. The number of benzene rings is 1. The van der Waals surface area contributed by atoms with E-state index in [9.17, 15) is 23.9 Å². The Labute approximate surface area is 234 Å². The zero-order valence-corrected chi connectivity index (χ0v) is 23.1. The quantitative estimate of drug-likeness (QED) is 0.352. The highest BCUT2D eigenvalue weighted by Gasteiger charge is 2.44. The standard InChI is InChI=1S/C31H32F2N4O4/c1-15-17(6-4-8-23(15)37-25(38)14-24-20(32)7-5-11-36(24)30(37)40)26-21(33)13-19(29(34)39)28-27(26)18-10-9-16(31(2,3)41)12-22(18)35-28/h4-8,11,14,16,19,21,26,35,41H,9-10,12-13H2,1-3H3,(H2,34,39)/t16-,19-,21+,26?/m0/s1. The fourth-order valence-electron chi connectivity index (χ4n) is 6.88. The van der Waals surface area contributed by atoms with Crippen molar-refractivity contribution >= 4 is 11.4 Å². The molecule has 1 aromatic carbocycles. The molecule has 0 fully saturated rings. The molecule has 0 radical (unpaired) electrons. The number of pyridine rings is 1. The first kappa shape index (κ1) is 27.1. The molecule has 4 atom stereocenters. The van der Waals surface area contributed by atoms with Crippen molar-refractivity contribution in [2.24, 2.45) is 11.7 Å². The number of H-pyrrole nitrogens is 1. The third-order valence-corrected chi connectivity index (χ3v) is 9.07. The summed E-state index contributed by atoms with van der Waals surface area (Å²) in [5.41, 5.74) is 7.75. The van der Waals surface area contributed by atoms with Crippen LogP contribution in [-0.2, 0) is 17.6 Å². The van der Waals surface area contributed by atoms with Crippen molar-refractivity contribution in [1.29, 1.82) is 0 Å². The minimum atomic E-state index is -1.45. The van der Waals surface area contributed by atoms with Crippen LogP contribution in [0.4, 0.5) is 8.78 Å². The fourth-order valence-corrected chi connectivity index (χ4v) is 6.88. The van der Waals surface area contributed by atoms with E-state index in [0.29, 0.717) is 41.6 Å². The molecule has 41 heavy (non-hydrogen) atoms. The molecular weight excluding hydrogens is 530 g/mol. The molecule has 3 aromatic heterocycles. The molecule has 8 nitrogen and oxygen atoms in total. The number of nitrogens with zero attached hydrogens (tertiary/aromatic N) is 2. The highest BCUT2D eigenvalue weighted by molar-refractivity contribution is 5.83. The van der Waals surface area contributed by atoms with Gasteiger partial charge in [-0.1, -0.05) is 12.1 Å². The molecule has 10 heteroatoms. The molecule has 1 amide bonds. The Hall–Kier alpha value is -4.05. The lowest BCUT2D eigenvalue weighted by Crippen LogP contribution is -2.37.